The van der Waals surface area contributed by atoms with Gasteiger partial charge in [0, 0.05) is 18.5 Å². The molecular formula is C22H26N2O3. The summed E-state index contributed by atoms with van der Waals surface area (Å²) >= 11 is 0. The van der Waals surface area contributed by atoms with Crippen molar-refractivity contribution < 1.29 is 13.9 Å². The summed E-state index contributed by atoms with van der Waals surface area (Å²) in [5, 5.41) is 0. The maximum atomic E-state index is 13.4. The van der Waals surface area contributed by atoms with Crippen molar-refractivity contribution in [2.24, 2.45) is 5.92 Å². The molecule has 4 aliphatic rings. The number of carbonyl (C=O) groups is 1. The fraction of sp³-hybridized carbons (Fsp3) is 0.500. The average molecular weight is 366 g/mol. The molecule has 0 radical (unpaired) electrons. The van der Waals surface area contributed by atoms with E-state index in [0.717, 1.165) is 25.4 Å². The minimum Gasteiger partial charge on any atom is -0.497 e. The fourth-order valence-corrected chi connectivity index (χ4v) is 5.58. The van der Waals surface area contributed by atoms with Gasteiger partial charge in [0.25, 0.3) is 5.91 Å². The standard InChI is InChI=1S/C22H26N2O3/c1-14-18(8-11-27-14)22(25)24-13-19(16-4-3-5-17(12-16)26-2)21-20(24)15-6-9-23(21)10-7-15/h3-5,8,11-12,15,19-21H,6-7,9-10,13H2,1-2H3/t19-,20+,21+/m1/s1. The summed E-state index contributed by atoms with van der Waals surface area (Å²) in [5.74, 6) is 2.64. The van der Waals surface area contributed by atoms with Crippen LogP contribution in [0.25, 0.3) is 0 Å². The number of fused-ring (bicyclic) bond motifs is 2. The van der Waals surface area contributed by atoms with E-state index in [-0.39, 0.29) is 5.91 Å². The van der Waals surface area contributed by atoms with Crippen LogP contribution in [0.4, 0.5) is 0 Å². The summed E-state index contributed by atoms with van der Waals surface area (Å²) < 4.78 is 10.9. The van der Waals surface area contributed by atoms with Crippen LogP contribution < -0.4 is 4.74 Å². The van der Waals surface area contributed by atoms with Gasteiger partial charge >= 0.3 is 0 Å². The summed E-state index contributed by atoms with van der Waals surface area (Å²) in [7, 11) is 1.71. The number of likely N-dealkylation sites (tertiary alicyclic amines) is 1. The maximum Gasteiger partial charge on any atom is 0.257 e. The van der Waals surface area contributed by atoms with E-state index in [1.54, 1.807) is 13.4 Å². The third kappa shape index (κ3) is 2.59. The number of benzene rings is 1. The molecule has 6 rings (SSSR count). The van der Waals surface area contributed by atoms with Crippen LogP contribution in [0, 0.1) is 12.8 Å². The number of aryl methyl sites for hydroxylation is 1. The number of hydrogen-bond donors (Lipinski definition) is 0. The lowest BCUT2D eigenvalue weighted by atomic mass is 9.75. The molecule has 142 valence electrons. The van der Waals surface area contributed by atoms with Crippen LogP contribution in [0.5, 0.6) is 5.75 Å². The van der Waals surface area contributed by atoms with Crippen molar-refractivity contribution in [1.29, 1.82) is 0 Å². The first-order chi connectivity index (χ1) is 13.2. The van der Waals surface area contributed by atoms with Gasteiger partial charge in [0.15, 0.2) is 0 Å². The first-order valence-electron chi connectivity index (χ1n) is 9.90. The van der Waals surface area contributed by atoms with Gasteiger partial charge in [-0.3, -0.25) is 9.69 Å². The van der Waals surface area contributed by atoms with Crippen molar-refractivity contribution in [3.05, 3.63) is 53.5 Å². The summed E-state index contributed by atoms with van der Waals surface area (Å²) in [6.07, 6.45) is 4.01. The zero-order valence-corrected chi connectivity index (χ0v) is 15.9. The van der Waals surface area contributed by atoms with Gasteiger partial charge in [0.05, 0.1) is 25.0 Å². The number of carbonyl (C=O) groups excluding carboxylic acids is 1. The smallest absolute Gasteiger partial charge is 0.257 e. The van der Waals surface area contributed by atoms with E-state index in [1.807, 2.05) is 19.1 Å². The number of rotatable bonds is 3. The second-order valence-electron chi connectivity index (χ2n) is 8.09. The van der Waals surface area contributed by atoms with E-state index in [2.05, 4.69) is 28.0 Å². The van der Waals surface area contributed by atoms with Crippen molar-refractivity contribution in [3.8, 4) is 5.75 Å². The van der Waals surface area contributed by atoms with Crippen molar-refractivity contribution in [2.75, 3.05) is 26.7 Å². The van der Waals surface area contributed by atoms with Gasteiger partial charge in [0.1, 0.15) is 11.5 Å². The lowest BCUT2D eigenvalue weighted by Gasteiger charge is -2.51. The van der Waals surface area contributed by atoms with Crippen LogP contribution in [0.15, 0.2) is 41.0 Å². The van der Waals surface area contributed by atoms with Gasteiger partial charge in [-0.15, -0.1) is 0 Å². The van der Waals surface area contributed by atoms with E-state index in [9.17, 15) is 4.79 Å². The van der Waals surface area contributed by atoms with Gasteiger partial charge in [-0.2, -0.15) is 0 Å². The highest BCUT2D eigenvalue weighted by Crippen LogP contribution is 2.47. The van der Waals surface area contributed by atoms with Crippen molar-refractivity contribution >= 4 is 5.91 Å². The number of methoxy groups -OCH3 is 1. The van der Waals surface area contributed by atoms with Crippen LogP contribution in [-0.4, -0.2) is 54.5 Å². The second kappa shape index (κ2) is 6.41. The first kappa shape index (κ1) is 16.9. The van der Waals surface area contributed by atoms with E-state index >= 15 is 0 Å². The molecule has 0 saturated carbocycles. The largest absolute Gasteiger partial charge is 0.497 e. The number of piperidine rings is 3. The van der Waals surface area contributed by atoms with Crippen molar-refractivity contribution in [2.45, 2.75) is 37.8 Å². The topological polar surface area (TPSA) is 45.9 Å². The molecule has 0 unspecified atom stereocenters. The molecule has 3 atom stereocenters. The number of amides is 1. The Bertz CT molecular complexity index is 853. The average Bonchev–Trinajstić information content (AvgIpc) is 3.33. The molecule has 0 spiro atoms. The SMILES string of the molecule is COc1cccc([C@H]2CN(C(=O)c3ccoc3C)[C@H]3C4CCN(CC4)[C@@H]23)c1. The van der Waals surface area contributed by atoms with E-state index < -0.39 is 0 Å². The Morgan fingerprint density at radius 1 is 1.19 bits per heavy atom. The summed E-state index contributed by atoms with van der Waals surface area (Å²) in [5.41, 5.74) is 1.98. The maximum absolute atomic E-state index is 13.4. The molecule has 5 nitrogen and oxygen atoms in total. The second-order valence-corrected chi connectivity index (χ2v) is 8.09. The van der Waals surface area contributed by atoms with Gasteiger partial charge < -0.3 is 14.1 Å². The minimum atomic E-state index is 0.121. The van der Waals surface area contributed by atoms with Gasteiger partial charge in [-0.05, 0) is 62.5 Å². The number of nitrogens with zero attached hydrogens (tertiary/aromatic N) is 2. The molecule has 5 heteroatoms. The Kier molecular flexibility index (Phi) is 4.01. The van der Waals surface area contributed by atoms with Crippen LogP contribution in [0.1, 0.15) is 40.4 Å². The number of hydrogen-bond acceptors (Lipinski definition) is 4. The molecule has 1 aromatic carbocycles. The summed E-state index contributed by atoms with van der Waals surface area (Å²) in [4.78, 5) is 18.1. The van der Waals surface area contributed by atoms with Gasteiger partial charge in [-0.25, -0.2) is 0 Å². The quantitative estimate of drug-likeness (QED) is 0.836. The highest BCUT2D eigenvalue weighted by atomic mass is 16.5. The van der Waals surface area contributed by atoms with Crippen LogP contribution in [-0.2, 0) is 0 Å². The Balaban J connectivity index is 1.54. The van der Waals surface area contributed by atoms with Gasteiger partial charge in [0.2, 0.25) is 0 Å². The molecule has 5 heterocycles. The lowest BCUT2D eigenvalue weighted by Crippen LogP contribution is -2.60. The molecule has 2 bridgehead atoms. The number of furan rings is 1. The highest BCUT2D eigenvalue weighted by Gasteiger charge is 2.54. The molecule has 0 aliphatic carbocycles. The molecule has 0 N–H and O–H groups in total. The Morgan fingerprint density at radius 2 is 2.00 bits per heavy atom. The van der Waals surface area contributed by atoms with Gasteiger partial charge in [-0.1, -0.05) is 12.1 Å². The normalized spacial score (nSPS) is 31.8. The zero-order chi connectivity index (χ0) is 18.5. The third-order valence-electron chi connectivity index (χ3n) is 6.87. The predicted molar refractivity (Wildman–Crippen MR) is 102 cm³/mol. The molecule has 1 amide bonds. The summed E-state index contributed by atoms with van der Waals surface area (Å²) in [6, 6.07) is 10.9. The van der Waals surface area contributed by atoms with Crippen molar-refractivity contribution in [1.82, 2.24) is 9.80 Å². The lowest BCUT2D eigenvalue weighted by molar-refractivity contribution is -0.00346. The molecule has 4 aliphatic heterocycles. The minimum absolute atomic E-state index is 0.121. The molecule has 4 saturated heterocycles. The first-order valence-corrected chi connectivity index (χ1v) is 9.90. The fourth-order valence-electron chi connectivity index (χ4n) is 5.58. The van der Waals surface area contributed by atoms with E-state index in [4.69, 9.17) is 9.15 Å². The Morgan fingerprint density at radius 3 is 2.70 bits per heavy atom. The number of ether oxygens (including phenoxy) is 1. The Labute approximate surface area is 159 Å². The van der Waals surface area contributed by atoms with E-state index in [1.165, 1.54) is 18.4 Å². The monoisotopic (exact) mass is 366 g/mol. The highest BCUT2D eigenvalue weighted by molar-refractivity contribution is 5.95. The molecule has 27 heavy (non-hydrogen) atoms. The molecular weight excluding hydrogens is 340 g/mol. The molecule has 1 aromatic heterocycles. The molecule has 2 aromatic rings. The van der Waals surface area contributed by atoms with Crippen molar-refractivity contribution in [3.63, 3.8) is 0 Å². The Hall–Kier alpha value is -2.27. The predicted octanol–water partition coefficient (Wildman–Crippen LogP) is 3.30. The van der Waals surface area contributed by atoms with Crippen LogP contribution in [0.2, 0.25) is 0 Å². The summed E-state index contributed by atoms with van der Waals surface area (Å²) in [6.45, 7) is 4.94. The third-order valence-corrected chi connectivity index (χ3v) is 6.87. The molecule has 4 fully saturated rings. The zero-order valence-electron chi connectivity index (χ0n) is 15.9. The van der Waals surface area contributed by atoms with Crippen LogP contribution in [0.3, 0.4) is 0 Å². The van der Waals surface area contributed by atoms with Crippen LogP contribution >= 0.6 is 0 Å². The van der Waals surface area contributed by atoms with E-state index in [0.29, 0.717) is 35.2 Å².